The van der Waals surface area contributed by atoms with Crippen LogP contribution in [0.25, 0.3) is 0 Å². The largest absolute Gasteiger partial charge is 0.427 e. The molecule has 5 nitrogen and oxygen atoms in total. The molecule has 1 aromatic heterocycles. The molecule has 20 heavy (non-hydrogen) atoms. The van der Waals surface area contributed by atoms with E-state index in [4.69, 9.17) is 39.5 Å². The molecule has 104 valence electrons. The number of ether oxygens (including phenoxy) is 1. The quantitative estimate of drug-likeness (QED) is 0.455. The molecule has 0 saturated carbocycles. The maximum Gasteiger partial charge on any atom is 0.314 e. The van der Waals surface area contributed by atoms with Crippen LogP contribution in [0.4, 0.5) is 10.1 Å². The summed E-state index contributed by atoms with van der Waals surface area (Å²) in [5.74, 6) is -1.82. The third-order valence-corrected chi connectivity index (χ3v) is 3.14. The Bertz CT molecular complexity index is 697. The summed E-state index contributed by atoms with van der Waals surface area (Å²) in [4.78, 5) is 13.7. The van der Waals surface area contributed by atoms with E-state index in [1.807, 2.05) is 0 Å². The van der Waals surface area contributed by atoms with Gasteiger partial charge in [-0.25, -0.2) is 4.39 Å². The van der Waals surface area contributed by atoms with Gasteiger partial charge in [-0.15, -0.1) is 0 Å². The van der Waals surface area contributed by atoms with Crippen LogP contribution in [-0.4, -0.2) is 9.91 Å². The minimum atomic E-state index is -0.928. The molecule has 0 N–H and O–H groups in total. The number of nitro benzene ring substituents is 1. The first-order valence-electron chi connectivity index (χ1n) is 5.02. The molecule has 0 saturated heterocycles. The summed E-state index contributed by atoms with van der Waals surface area (Å²) in [5.41, 5.74) is -0.561. The smallest absolute Gasteiger partial charge is 0.314 e. The van der Waals surface area contributed by atoms with Gasteiger partial charge in [-0.1, -0.05) is 40.9 Å². The van der Waals surface area contributed by atoms with Crippen molar-refractivity contribution in [3.63, 3.8) is 0 Å². The van der Waals surface area contributed by atoms with Gasteiger partial charge in [0.25, 0.3) is 0 Å². The van der Waals surface area contributed by atoms with Crippen LogP contribution < -0.4 is 4.74 Å². The molecule has 2 rings (SSSR count). The average molecular weight is 338 g/mol. The Morgan fingerprint density at radius 1 is 1.25 bits per heavy atom. The van der Waals surface area contributed by atoms with Gasteiger partial charge in [-0.05, 0) is 12.1 Å². The first kappa shape index (κ1) is 14.8. The van der Waals surface area contributed by atoms with Gasteiger partial charge in [0.05, 0.1) is 9.95 Å². The SMILES string of the molecule is O=[N+]([O-])c1cccc(F)c1Oc1nc(Cl)c(Cl)cc1Cl. The Kier molecular flexibility index (Phi) is 4.27. The molecule has 0 atom stereocenters. The van der Waals surface area contributed by atoms with Crippen molar-refractivity contribution in [3.05, 3.63) is 55.4 Å². The van der Waals surface area contributed by atoms with E-state index in [0.29, 0.717) is 0 Å². The molecule has 1 aromatic carbocycles. The van der Waals surface area contributed by atoms with Crippen molar-refractivity contribution in [2.75, 3.05) is 0 Å². The minimum absolute atomic E-state index is 0.0584. The van der Waals surface area contributed by atoms with Crippen LogP contribution in [0.1, 0.15) is 0 Å². The summed E-state index contributed by atoms with van der Waals surface area (Å²) in [6, 6.07) is 4.52. The number of rotatable bonds is 3. The fourth-order valence-corrected chi connectivity index (χ4v) is 1.87. The Balaban J connectivity index is 2.50. The van der Waals surface area contributed by atoms with Crippen molar-refractivity contribution in [2.24, 2.45) is 0 Å². The molecular formula is C11H4Cl3FN2O3. The average Bonchev–Trinajstić information content (AvgIpc) is 2.37. The molecular weight excluding hydrogens is 333 g/mol. The van der Waals surface area contributed by atoms with Gasteiger partial charge in [0.15, 0.2) is 11.0 Å². The van der Waals surface area contributed by atoms with Gasteiger partial charge in [-0.3, -0.25) is 10.1 Å². The minimum Gasteiger partial charge on any atom is -0.427 e. The maximum atomic E-state index is 13.6. The summed E-state index contributed by atoms with van der Waals surface area (Å²) in [6.45, 7) is 0. The van der Waals surface area contributed by atoms with Crippen molar-refractivity contribution >= 4 is 40.5 Å². The lowest BCUT2D eigenvalue weighted by atomic mass is 10.3. The lowest BCUT2D eigenvalue weighted by Crippen LogP contribution is -1.98. The van der Waals surface area contributed by atoms with E-state index < -0.39 is 22.2 Å². The summed E-state index contributed by atoms with van der Waals surface area (Å²) in [7, 11) is 0. The second-order valence-electron chi connectivity index (χ2n) is 3.50. The zero-order chi connectivity index (χ0) is 14.9. The Morgan fingerprint density at radius 2 is 1.95 bits per heavy atom. The third-order valence-electron chi connectivity index (χ3n) is 2.20. The first-order valence-corrected chi connectivity index (χ1v) is 6.16. The predicted molar refractivity (Wildman–Crippen MR) is 72.4 cm³/mol. The lowest BCUT2D eigenvalue weighted by molar-refractivity contribution is -0.385. The van der Waals surface area contributed by atoms with E-state index in [1.54, 1.807) is 0 Å². The number of para-hydroxylation sites is 1. The highest BCUT2D eigenvalue weighted by molar-refractivity contribution is 6.42. The van der Waals surface area contributed by atoms with Crippen LogP contribution in [0.15, 0.2) is 24.3 Å². The summed E-state index contributed by atoms with van der Waals surface area (Å²) < 4.78 is 18.7. The van der Waals surface area contributed by atoms with Gasteiger partial charge < -0.3 is 4.74 Å². The Hall–Kier alpha value is -1.63. The molecule has 1 heterocycles. The number of aromatic nitrogens is 1. The second-order valence-corrected chi connectivity index (χ2v) is 4.67. The van der Waals surface area contributed by atoms with Crippen molar-refractivity contribution in [3.8, 4) is 11.6 Å². The predicted octanol–water partition coefficient (Wildman–Crippen LogP) is 4.88. The van der Waals surface area contributed by atoms with E-state index in [1.165, 1.54) is 12.1 Å². The normalized spacial score (nSPS) is 10.4. The number of hydrogen-bond donors (Lipinski definition) is 0. The number of hydrogen-bond acceptors (Lipinski definition) is 4. The maximum absolute atomic E-state index is 13.6. The number of nitrogens with zero attached hydrogens (tertiary/aromatic N) is 2. The van der Waals surface area contributed by atoms with E-state index in [-0.39, 0.29) is 21.1 Å². The zero-order valence-corrected chi connectivity index (χ0v) is 11.7. The Morgan fingerprint density at radius 3 is 2.60 bits per heavy atom. The van der Waals surface area contributed by atoms with Gasteiger partial charge in [-0.2, -0.15) is 4.98 Å². The van der Waals surface area contributed by atoms with E-state index in [0.717, 1.165) is 12.1 Å². The molecule has 0 aliphatic heterocycles. The highest BCUT2D eigenvalue weighted by Gasteiger charge is 2.22. The number of halogens is 4. The van der Waals surface area contributed by atoms with E-state index in [2.05, 4.69) is 4.98 Å². The summed E-state index contributed by atoms with van der Waals surface area (Å²) in [5, 5.41) is 10.7. The second kappa shape index (κ2) is 5.78. The number of pyridine rings is 1. The fraction of sp³-hybridized carbons (Fsp3) is 0. The van der Waals surface area contributed by atoms with Crippen LogP contribution in [-0.2, 0) is 0 Å². The molecule has 0 fully saturated rings. The highest BCUT2D eigenvalue weighted by Crippen LogP contribution is 2.37. The topological polar surface area (TPSA) is 65.3 Å². The van der Waals surface area contributed by atoms with Gasteiger partial charge in [0.2, 0.25) is 11.6 Å². The Labute approximate surface area is 127 Å². The molecule has 0 aliphatic rings. The fourth-order valence-electron chi connectivity index (χ4n) is 1.34. The van der Waals surface area contributed by atoms with Crippen LogP contribution in [0.3, 0.4) is 0 Å². The molecule has 9 heteroatoms. The van der Waals surface area contributed by atoms with Crippen molar-refractivity contribution in [2.45, 2.75) is 0 Å². The van der Waals surface area contributed by atoms with Gasteiger partial charge in [0, 0.05) is 6.07 Å². The highest BCUT2D eigenvalue weighted by atomic mass is 35.5. The van der Waals surface area contributed by atoms with Crippen molar-refractivity contribution in [1.29, 1.82) is 0 Å². The van der Waals surface area contributed by atoms with Crippen LogP contribution >= 0.6 is 34.8 Å². The first-order chi connectivity index (χ1) is 9.40. The third kappa shape index (κ3) is 2.92. The van der Waals surface area contributed by atoms with Crippen LogP contribution in [0.2, 0.25) is 15.2 Å². The summed E-state index contributed by atoms with van der Waals surface area (Å²) >= 11 is 17.2. The summed E-state index contributed by atoms with van der Waals surface area (Å²) in [6.07, 6.45) is 0. The van der Waals surface area contributed by atoms with Crippen molar-refractivity contribution in [1.82, 2.24) is 4.98 Å². The van der Waals surface area contributed by atoms with Gasteiger partial charge >= 0.3 is 5.69 Å². The zero-order valence-electron chi connectivity index (χ0n) is 9.44. The molecule has 0 unspecified atom stereocenters. The van der Waals surface area contributed by atoms with Gasteiger partial charge in [0.1, 0.15) is 5.02 Å². The molecule has 0 aliphatic carbocycles. The van der Waals surface area contributed by atoms with Crippen molar-refractivity contribution < 1.29 is 14.1 Å². The number of nitro groups is 1. The lowest BCUT2D eigenvalue weighted by Gasteiger charge is -2.08. The molecule has 0 amide bonds. The molecule has 0 spiro atoms. The van der Waals surface area contributed by atoms with E-state index in [9.17, 15) is 14.5 Å². The molecule has 2 aromatic rings. The standard InChI is InChI=1S/C11H4Cl3FN2O3/c12-5-4-6(13)11(16-10(5)14)20-9-7(15)2-1-3-8(9)17(18)19/h1-4H. The van der Waals surface area contributed by atoms with Crippen LogP contribution in [0.5, 0.6) is 11.6 Å². The van der Waals surface area contributed by atoms with Crippen LogP contribution in [0, 0.1) is 15.9 Å². The monoisotopic (exact) mass is 336 g/mol. The number of benzene rings is 1. The molecule has 0 bridgehead atoms. The van der Waals surface area contributed by atoms with E-state index >= 15 is 0 Å². The molecule has 0 radical (unpaired) electrons.